The summed E-state index contributed by atoms with van der Waals surface area (Å²) in [5, 5.41) is 0. The minimum atomic E-state index is -4.47. The van der Waals surface area contributed by atoms with Crippen molar-refractivity contribution in [2.75, 3.05) is 0 Å². The number of nitrogens with two attached hydrogens (primary N) is 1. The zero-order valence-corrected chi connectivity index (χ0v) is 11.2. The Morgan fingerprint density at radius 1 is 1.35 bits per heavy atom. The Morgan fingerprint density at radius 2 is 2.05 bits per heavy atom. The number of amides is 1. The molecule has 0 aliphatic rings. The summed E-state index contributed by atoms with van der Waals surface area (Å²) in [6.45, 7) is 2.01. The Labute approximate surface area is 115 Å². The van der Waals surface area contributed by atoms with Crippen LogP contribution in [0.1, 0.15) is 43.1 Å². The van der Waals surface area contributed by atoms with Crippen LogP contribution in [0.4, 0.5) is 13.2 Å². The molecule has 1 aromatic rings. The highest BCUT2D eigenvalue weighted by Gasteiger charge is 2.32. The predicted molar refractivity (Wildman–Crippen MR) is 70.7 cm³/mol. The Morgan fingerprint density at radius 3 is 2.60 bits per heavy atom. The number of carbonyl (C=O) groups excluding carboxylic acids is 1. The Kier molecular flexibility index (Phi) is 5.73. The van der Waals surface area contributed by atoms with E-state index in [9.17, 15) is 18.0 Å². The van der Waals surface area contributed by atoms with Crippen LogP contribution in [0.5, 0.6) is 0 Å². The summed E-state index contributed by atoms with van der Waals surface area (Å²) in [5.74, 6) is -0.649. The van der Waals surface area contributed by atoms with Crippen molar-refractivity contribution in [1.82, 2.24) is 4.98 Å². The van der Waals surface area contributed by atoms with Crippen LogP contribution in [0.15, 0.2) is 18.2 Å². The van der Waals surface area contributed by atoms with E-state index in [0.717, 1.165) is 31.4 Å². The molecule has 1 aromatic heterocycles. The van der Waals surface area contributed by atoms with E-state index in [0.29, 0.717) is 17.7 Å². The van der Waals surface area contributed by atoms with Crippen molar-refractivity contribution >= 4 is 12.0 Å². The number of aryl methyl sites for hydroxylation is 1. The van der Waals surface area contributed by atoms with E-state index in [-0.39, 0.29) is 0 Å². The van der Waals surface area contributed by atoms with Crippen LogP contribution < -0.4 is 5.73 Å². The highest BCUT2D eigenvalue weighted by molar-refractivity contribution is 5.90. The molecule has 0 bridgehead atoms. The van der Waals surface area contributed by atoms with Crippen molar-refractivity contribution in [3.05, 3.63) is 35.2 Å². The first-order valence-electron chi connectivity index (χ1n) is 6.39. The smallest absolute Gasteiger partial charge is 0.366 e. The average molecular weight is 286 g/mol. The van der Waals surface area contributed by atoms with Gasteiger partial charge < -0.3 is 5.73 Å². The van der Waals surface area contributed by atoms with Gasteiger partial charge in [0.05, 0.1) is 0 Å². The maximum atomic E-state index is 12.6. The molecular weight excluding hydrogens is 269 g/mol. The molecule has 0 saturated carbocycles. The molecule has 0 aliphatic heterocycles. The number of hydrogen-bond acceptors (Lipinski definition) is 2. The van der Waals surface area contributed by atoms with E-state index < -0.39 is 17.8 Å². The minimum absolute atomic E-state index is 0.339. The van der Waals surface area contributed by atoms with Gasteiger partial charge in [-0.1, -0.05) is 25.8 Å². The van der Waals surface area contributed by atoms with Gasteiger partial charge in [-0.25, -0.2) is 4.98 Å². The lowest BCUT2D eigenvalue weighted by atomic mass is 10.1. The number of halogens is 3. The maximum absolute atomic E-state index is 12.6. The summed E-state index contributed by atoms with van der Waals surface area (Å²) >= 11 is 0. The third-order valence-corrected chi connectivity index (χ3v) is 2.74. The van der Waals surface area contributed by atoms with Crippen LogP contribution in [0.3, 0.4) is 0 Å². The molecule has 0 atom stereocenters. The summed E-state index contributed by atoms with van der Waals surface area (Å²) in [6, 6.07) is 2.22. The zero-order chi connectivity index (χ0) is 15.2. The molecule has 0 spiro atoms. The highest BCUT2D eigenvalue weighted by Crippen LogP contribution is 2.28. The number of rotatable bonds is 6. The first kappa shape index (κ1) is 16.2. The van der Waals surface area contributed by atoms with Crippen LogP contribution in [0, 0.1) is 0 Å². The molecule has 0 fully saturated rings. The molecule has 0 aromatic carbocycles. The number of hydrogen-bond donors (Lipinski definition) is 1. The van der Waals surface area contributed by atoms with Gasteiger partial charge in [-0.05, 0) is 30.5 Å². The molecule has 110 valence electrons. The van der Waals surface area contributed by atoms with Crippen LogP contribution >= 0.6 is 0 Å². The second kappa shape index (κ2) is 7.07. The van der Waals surface area contributed by atoms with Gasteiger partial charge in [0, 0.05) is 11.8 Å². The molecule has 0 unspecified atom stereocenters. The maximum Gasteiger partial charge on any atom is 0.433 e. The number of unbranched alkanes of at least 4 members (excludes halogenated alkanes) is 2. The van der Waals surface area contributed by atoms with Crippen molar-refractivity contribution in [1.29, 1.82) is 0 Å². The predicted octanol–water partition coefficient (Wildman–Crippen LogP) is 3.33. The lowest BCUT2D eigenvalue weighted by Crippen LogP contribution is -2.10. The minimum Gasteiger partial charge on any atom is -0.366 e. The van der Waals surface area contributed by atoms with E-state index in [4.69, 9.17) is 5.73 Å². The standard InChI is InChI=1S/C14H17F3N2O/c1-2-3-4-5-11-10(7-9-13(18)20)6-8-12(19-11)14(15,16)17/h6-9H,2-5H2,1H3,(H2,18,20). The van der Waals surface area contributed by atoms with Crippen LogP contribution in [0.25, 0.3) is 6.08 Å². The summed E-state index contributed by atoms with van der Waals surface area (Å²) < 4.78 is 37.9. The number of nitrogens with zero attached hydrogens (tertiary/aromatic N) is 1. The SMILES string of the molecule is CCCCCc1nc(C(F)(F)F)ccc1C=CC(N)=O. The molecule has 20 heavy (non-hydrogen) atoms. The van der Waals surface area contributed by atoms with E-state index in [1.165, 1.54) is 12.1 Å². The second-order valence-electron chi connectivity index (χ2n) is 4.42. The van der Waals surface area contributed by atoms with Crippen molar-refractivity contribution in [3.63, 3.8) is 0 Å². The van der Waals surface area contributed by atoms with Crippen LogP contribution in [0.2, 0.25) is 0 Å². The van der Waals surface area contributed by atoms with Gasteiger partial charge in [0.1, 0.15) is 5.69 Å². The summed E-state index contributed by atoms with van der Waals surface area (Å²) in [5.41, 5.74) is 4.90. The molecule has 0 aliphatic carbocycles. The van der Waals surface area contributed by atoms with E-state index in [1.807, 2.05) is 6.92 Å². The number of pyridine rings is 1. The first-order chi connectivity index (χ1) is 9.34. The number of primary amides is 1. The Bertz CT molecular complexity index is 496. The van der Waals surface area contributed by atoms with Gasteiger partial charge in [0.2, 0.25) is 5.91 Å². The molecule has 6 heteroatoms. The zero-order valence-electron chi connectivity index (χ0n) is 11.2. The Balaban J connectivity index is 3.06. The van der Waals surface area contributed by atoms with Crippen LogP contribution in [-0.4, -0.2) is 10.9 Å². The average Bonchev–Trinajstić information content (AvgIpc) is 2.36. The third kappa shape index (κ3) is 5.03. The molecule has 2 N–H and O–H groups in total. The number of alkyl halides is 3. The van der Waals surface area contributed by atoms with E-state index in [2.05, 4.69) is 4.98 Å². The molecule has 3 nitrogen and oxygen atoms in total. The topological polar surface area (TPSA) is 56.0 Å². The fraction of sp³-hybridized carbons (Fsp3) is 0.429. The normalized spacial score (nSPS) is 12.0. The van der Waals surface area contributed by atoms with Gasteiger partial charge >= 0.3 is 6.18 Å². The molecule has 1 heterocycles. The summed E-state index contributed by atoms with van der Waals surface area (Å²) in [7, 11) is 0. The van der Waals surface area contributed by atoms with Gasteiger partial charge in [-0.3, -0.25) is 4.79 Å². The molecule has 1 amide bonds. The molecule has 0 radical (unpaired) electrons. The van der Waals surface area contributed by atoms with Crippen molar-refractivity contribution < 1.29 is 18.0 Å². The van der Waals surface area contributed by atoms with Crippen LogP contribution in [-0.2, 0) is 17.4 Å². The van der Waals surface area contributed by atoms with Gasteiger partial charge in [0.15, 0.2) is 0 Å². The largest absolute Gasteiger partial charge is 0.433 e. The fourth-order valence-corrected chi connectivity index (χ4v) is 1.74. The monoisotopic (exact) mass is 286 g/mol. The van der Waals surface area contributed by atoms with Gasteiger partial charge in [0.25, 0.3) is 0 Å². The first-order valence-corrected chi connectivity index (χ1v) is 6.39. The Hall–Kier alpha value is -1.85. The number of aromatic nitrogens is 1. The number of carbonyl (C=O) groups is 1. The van der Waals surface area contributed by atoms with Gasteiger partial charge in [-0.15, -0.1) is 0 Å². The lowest BCUT2D eigenvalue weighted by Gasteiger charge is -2.10. The highest BCUT2D eigenvalue weighted by atomic mass is 19.4. The van der Waals surface area contributed by atoms with Crippen molar-refractivity contribution in [3.8, 4) is 0 Å². The molecular formula is C14H17F3N2O. The fourth-order valence-electron chi connectivity index (χ4n) is 1.74. The second-order valence-corrected chi connectivity index (χ2v) is 4.42. The van der Waals surface area contributed by atoms with E-state index in [1.54, 1.807) is 0 Å². The molecule has 0 saturated heterocycles. The summed E-state index contributed by atoms with van der Waals surface area (Å²) in [4.78, 5) is 14.4. The van der Waals surface area contributed by atoms with Crippen molar-refractivity contribution in [2.45, 2.75) is 38.8 Å². The van der Waals surface area contributed by atoms with Gasteiger partial charge in [-0.2, -0.15) is 13.2 Å². The lowest BCUT2D eigenvalue weighted by molar-refractivity contribution is -0.141. The summed E-state index contributed by atoms with van der Waals surface area (Å²) in [6.07, 6.45) is 1.12. The van der Waals surface area contributed by atoms with Crippen molar-refractivity contribution in [2.24, 2.45) is 5.73 Å². The third-order valence-electron chi connectivity index (χ3n) is 2.74. The van der Waals surface area contributed by atoms with E-state index >= 15 is 0 Å². The molecule has 1 rings (SSSR count). The quantitative estimate of drug-likeness (QED) is 0.644.